The maximum Gasteiger partial charge on any atom is 0.285 e. The third-order valence-electron chi connectivity index (χ3n) is 5.47. The largest absolute Gasteiger partial charge is 0.494 e. The molecule has 0 aliphatic carbocycles. The van der Waals surface area contributed by atoms with E-state index in [-0.39, 0.29) is 4.90 Å². The molecule has 174 valence electrons. The van der Waals surface area contributed by atoms with Crippen LogP contribution in [0.15, 0.2) is 57.8 Å². The number of rotatable bonds is 13. The zero-order valence-electron chi connectivity index (χ0n) is 19.2. The molecular weight excluding hydrogens is 422 g/mol. The average molecular weight is 458 g/mol. The monoisotopic (exact) mass is 457 g/mol. The Hall–Kier alpha value is -2.38. The van der Waals surface area contributed by atoms with E-state index in [4.69, 9.17) is 4.74 Å². The van der Waals surface area contributed by atoms with E-state index in [2.05, 4.69) is 46.7 Å². The second-order valence-corrected chi connectivity index (χ2v) is 9.74. The van der Waals surface area contributed by atoms with Crippen LogP contribution in [0.2, 0.25) is 0 Å². The SMILES string of the molecule is CCCCN(CCCC)Cc1cccc(OCCCNC2=NS(=O)(=O)c3ccccc32)c1. The number of fused-ring (bicyclic) bond motifs is 1. The van der Waals surface area contributed by atoms with E-state index < -0.39 is 10.0 Å². The minimum atomic E-state index is -3.58. The third kappa shape index (κ3) is 6.81. The Morgan fingerprint density at radius 1 is 0.969 bits per heavy atom. The van der Waals surface area contributed by atoms with Crippen molar-refractivity contribution in [2.75, 3.05) is 26.2 Å². The number of benzene rings is 2. The van der Waals surface area contributed by atoms with Gasteiger partial charge in [0, 0.05) is 18.7 Å². The predicted molar refractivity (Wildman–Crippen MR) is 130 cm³/mol. The minimum absolute atomic E-state index is 0.266. The Morgan fingerprint density at radius 3 is 2.47 bits per heavy atom. The molecule has 1 aliphatic heterocycles. The molecular formula is C25H35N3O3S. The summed E-state index contributed by atoms with van der Waals surface area (Å²) in [6.07, 6.45) is 5.62. The highest BCUT2D eigenvalue weighted by molar-refractivity contribution is 7.90. The second kappa shape index (κ2) is 12.0. The van der Waals surface area contributed by atoms with Crippen molar-refractivity contribution in [2.45, 2.75) is 57.4 Å². The summed E-state index contributed by atoms with van der Waals surface area (Å²) in [6.45, 7) is 8.83. The van der Waals surface area contributed by atoms with Gasteiger partial charge in [-0.25, -0.2) is 0 Å². The molecule has 0 radical (unpaired) electrons. The molecule has 0 fully saturated rings. The first-order chi connectivity index (χ1) is 15.5. The van der Waals surface area contributed by atoms with Crippen LogP contribution in [0.1, 0.15) is 57.1 Å². The molecule has 32 heavy (non-hydrogen) atoms. The van der Waals surface area contributed by atoms with Gasteiger partial charge in [0.15, 0.2) is 0 Å². The van der Waals surface area contributed by atoms with E-state index in [9.17, 15) is 8.42 Å². The van der Waals surface area contributed by atoms with Gasteiger partial charge in [-0.3, -0.25) is 4.90 Å². The molecule has 7 heteroatoms. The van der Waals surface area contributed by atoms with Crippen LogP contribution in [0.5, 0.6) is 5.75 Å². The molecule has 6 nitrogen and oxygen atoms in total. The molecule has 0 bridgehead atoms. The maximum atomic E-state index is 12.1. The fraction of sp³-hybridized carbons (Fsp3) is 0.480. The van der Waals surface area contributed by atoms with Gasteiger partial charge in [-0.15, -0.1) is 4.40 Å². The fourth-order valence-electron chi connectivity index (χ4n) is 3.73. The Kier molecular flexibility index (Phi) is 9.11. The number of ether oxygens (including phenoxy) is 1. The van der Waals surface area contributed by atoms with Crippen LogP contribution < -0.4 is 10.1 Å². The van der Waals surface area contributed by atoms with E-state index in [0.29, 0.717) is 24.6 Å². The van der Waals surface area contributed by atoms with Gasteiger partial charge in [-0.2, -0.15) is 8.42 Å². The van der Waals surface area contributed by atoms with Crippen molar-refractivity contribution in [1.29, 1.82) is 0 Å². The van der Waals surface area contributed by atoms with Crippen LogP contribution in [-0.4, -0.2) is 45.4 Å². The molecule has 0 saturated carbocycles. The number of nitrogens with zero attached hydrogens (tertiary/aromatic N) is 2. The van der Waals surface area contributed by atoms with Crippen molar-refractivity contribution in [3.63, 3.8) is 0 Å². The standard InChI is InChI=1S/C25H35N3O3S/c1-3-5-16-28(17-6-4-2)20-21-11-9-12-22(19-21)31-18-10-15-26-25-23-13-7-8-14-24(23)32(29,30)27-25/h7-9,11-14,19H,3-6,10,15-18,20H2,1-2H3,(H,26,27). The molecule has 0 saturated heterocycles. The zero-order chi connectivity index (χ0) is 22.8. The number of hydrogen-bond donors (Lipinski definition) is 1. The van der Waals surface area contributed by atoms with Gasteiger partial charge in [0.1, 0.15) is 16.5 Å². The lowest BCUT2D eigenvalue weighted by atomic mass is 10.1. The van der Waals surface area contributed by atoms with E-state index in [1.54, 1.807) is 18.2 Å². The number of nitrogens with one attached hydrogen (secondary N) is 1. The Labute approximate surface area is 192 Å². The van der Waals surface area contributed by atoms with Crippen LogP contribution in [0, 0.1) is 0 Å². The van der Waals surface area contributed by atoms with Crippen molar-refractivity contribution < 1.29 is 13.2 Å². The molecule has 2 aromatic rings. The number of sulfonamides is 1. The maximum absolute atomic E-state index is 12.1. The quantitative estimate of drug-likeness (QED) is 0.445. The molecule has 2 aromatic carbocycles. The molecule has 0 spiro atoms. The van der Waals surface area contributed by atoms with Crippen LogP contribution in [0.3, 0.4) is 0 Å². The predicted octanol–water partition coefficient (Wildman–Crippen LogP) is 4.60. The van der Waals surface area contributed by atoms with Gasteiger partial charge in [-0.05, 0) is 62.2 Å². The van der Waals surface area contributed by atoms with Crippen LogP contribution in [0.25, 0.3) is 0 Å². The molecule has 1 N–H and O–H groups in total. The summed E-state index contributed by atoms with van der Waals surface area (Å²) < 4.78 is 34.0. The highest BCUT2D eigenvalue weighted by Gasteiger charge is 2.27. The van der Waals surface area contributed by atoms with E-state index in [1.807, 2.05) is 12.1 Å². The average Bonchev–Trinajstić information content (AvgIpc) is 3.06. The van der Waals surface area contributed by atoms with Gasteiger partial charge in [0.05, 0.1) is 6.61 Å². The summed E-state index contributed by atoms with van der Waals surface area (Å²) in [7, 11) is -3.58. The first-order valence-electron chi connectivity index (χ1n) is 11.7. The number of unbranched alkanes of at least 4 members (excludes halogenated alkanes) is 2. The van der Waals surface area contributed by atoms with Crippen molar-refractivity contribution in [2.24, 2.45) is 4.40 Å². The van der Waals surface area contributed by atoms with Gasteiger partial charge in [0.2, 0.25) is 0 Å². The van der Waals surface area contributed by atoms with Gasteiger partial charge in [0.25, 0.3) is 10.0 Å². The molecule has 0 amide bonds. The summed E-state index contributed by atoms with van der Waals surface area (Å²) in [6, 6.07) is 15.2. The number of hydrogen-bond acceptors (Lipinski definition) is 5. The number of amidine groups is 1. The second-order valence-electron chi connectivity index (χ2n) is 8.17. The summed E-state index contributed by atoms with van der Waals surface area (Å²) in [5.41, 5.74) is 1.91. The Balaban J connectivity index is 1.46. The fourth-order valence-corrected chi connectivity index (χ4v) is 4.92. The lowest BCUT2D eigenvalue weighted by Gasteiger charge is -2.22. The molecule has 1 aliphatic rings. The van der Waals surface area contributed by atoms with Crippen LogP contribution in [0.4, 0.5) is 0 Å². The lowest BCUT2D eigenvalue weighted by molar-refractivity contribution is 0.256. The van der Waals surface area contributed by atoms with Crippen molar-refractivity contribution in [3.8, 4) is 5.75 Å². The van der Waals surface area contributed by atoms with Crippen molar-refractivity contribution in [1.82, 2.24) is 10.2 Å². The van der Waals surface area contributed by atoms with Crippen LogP contribution in [-0.2, 0) is 16.6 Å². The Morgan fingerprint density at radius 2 is 1.72 bits per heavy atom. The van der Waals surface area contributed by atoms with Gasteiger partial charge < -0.3 is 10.1 Å². The minimum Gasteiger partial charge on any atom is -0.494 e. The summed E-state index contributed by atoms with van der Waals surface area (Å²) >= 11 is 0. The van der Waals surface area contributed by atoms with Crippen molar-refractivity contribution in [3.05, 3.63) is 59.7 Å². The highest BCUT2D eigenvalue weighted by Crippen LogP contribution is 2.24. The first kappa shape index (κ1) is 24.3. The first-order valence-corrected chi connectivity index (χ1v) is 13.1. The van der Waals surface area contributed by atoms with E-state index >= 15 is 0 Å². The molecule has 1 heterocycles. The van der Waals surface area contributed by atoms with E-state index in [0.717, 1.165) is 31.8 Å². The summed E-state index contributed by atoms with van der Waals surface area (Å²) in [5.74, 6) is 1.29. The Bertz CT molecular complexity index is 997. The van der Waals surface area contributed by atoms with Crippen LogP contribution >= 0.6 is 0 Å². The molecule has 0 unspecified atom stereocenters. The summed E-state index contributed by atoms with van der Waals surface area (Å²) in [5, 5.41) is 3.14. The third-order valence-corrected chi connectivity index (χ3v) is 6.81. The topological polar surface area (TPSA) is 71.0 Å². The van der Waals surface area contributed by atoms with Gasteiger partial charge >= 0.3 is 0 Å². The summed E-state index contributed by atoms with van der Waals surface area (Å²) in [4.78, 5) is 2.80. The zero-order valence-corrected chi connectivity index (χ0v) is 20.0. The molecule has 0 aromatic heterocycles. The lowest BCUT2D eigenvalue weighted by Crippen LogP contribution is -2.25. The van der Waals surface area contributed by atoms with Crippen molar-refractivity contribution >= 4 is 15.9 Å². The highest BCUT2D eigenvalue weighted by atomic mass is 32.2. The van der Waals surface area contributed by atoms with E-state index in [1.165, 1.54) is 31.2 Å². The van der Waals surface area contributed by atoms with Gasteiger partial charge in [-0.1, -0.05) is 51.0 Å². The normalized spacial score (nSPS) is 14.3. The molecule has 0 atom stereocenters. The molecule has 3 rings (SSSR count). The smallest absolute Gasteiger partial charge is 0.285 e.